The molecule has 1 saturated heterocycles. The van der Waals surface area contributed by atoms with Crippen molar-refractivity contribution in [2.45, 2.75) is 65.7 Å². The standard InChI is InChI=1S/C31H46N4O10/c1-21-18-28(39)35(30(21)41)11-8-25(37)7-5-12-43-15-16-44-14-9-26(38)17-22(2)31(42)45-13-6-10-32-29(40)27-19-24(20-34(27)4)33-23(3)36/h19-22H,5-18H2,1-4H3,(H,32,40)(H,33,36)/t21?,22-/m1/s1. The number of hydrogen-bond donors (Lipinski definition) is 2. The number of carbonyl (C=O) groups excluding carboxylic acids is 7. The molecule has 14 nitrogen and oxygen atoms in total. The van der Waals surface area contributed by atoms with Gasteiger partial charge in [0.1, 0.15) is 17.3 Å². The Labute approximate surface area is 263 Å². The summed E-state index contributed by atoms with van der Waals surface area (Å²) >= 11 is 0. The van der Waals surface area contributed by atoms with Gasteiger partial charge in [-0.2, -0.15) is 0 Å². The second-order valence-corrected chi connectivity index (χ2v) is 11.2. The molecule has 1 aromatic rings. The zero-order chi connectivity index (χ0) is 33.4. The summed E-state index contributed by atoms with van der Waals surface area (Å²) in [6, 6.07) is 1.57. The van der Waals surface area contributed by atoms with Crippen LogP contribution >= 0.6 is 0 Å². The van der Waals surface area contributed by atoms with Crippen LogP contribution in [0.5, 0.6) is 0 Å². The number of ketones is 2. The summed E-state index contributed by atoms with van der Waals surface area (Å²) in [5, 5.41) is 5.35. The van der Waals surface area contributed by atoms with E-state index in [1.54, 1.807) is 37.7 Å². The van der Waals surface area contributed by atoms with Gasteiger partial charge in [0.05, 0.1) is 38.0 Å². The molecule has 0 bridgehead atoms. The maximum absolute atomic E-state index is 12.3. The monoisotopic (exact) mass is 634 g/mol. The molecule has 4 amide bonds. The van der Waals surface area contributed by atoms with Crippen molar-refractivity contribution in [2.24, 2.45) is 18.9 Å². The van der Waals surface area contributed by atoms with E-state index in [-0.39, 0.29) is 99.7 Å². The highest BCUT2D eigenvalue weighted by Crippen LogP contribution is 2.19. The molecule has 0 aromatic carbocycles. The molecule has 45 heavy (non-hydrogen) atoms. The molecule has 0 aliphatic carbocycles. The van der Waals surface area contributed by atoms with Crippen LogP contribution in [0.4, 0.5) is 5.69 Å². The Morgan fingerprint density at radius 2 is 1.67 bits per heavy atom. The Bertz CT molecular complexity index is 1210. The second kappa shape index (κ2) is 19.5. The molecule has 1 unspecified atom stereocenters. The van der Waals surface area contributed by atoms with E-state index in [1.165, 1.54) is 11.8 Å². The summed E-state index contributed by atoms with van der Waals surface area (Å²) in [7, 11) is 1.69. The lowest BCUT2D eigenvalue weighted by molar-refractivity contribution is -0.149. The SMILES string of the molecule is CC(=O)Nc1cc(C(=O)NCCCOC(=O)[C@H](C)CC(=O)CCOCCOCCCC(=O)CCN2C(=O)CC(C)C2=O)n(C)c1. The third-order valence-corrected chi connectivity index (χ3v) is 7.07. The number of hydrogen-bond acceptors (Lipinski definition) is 10. The van der Waals surface area contributed by atoms with Crippen molar-refractivity contribution in [3.63, 3.8) is 0 Å². The Balaban J connectivity index is 1.44. The first kappa shape index (κ1) is 37.3. The third kappa shape index (κ3) is 13.7. The van der Waals surface area contributed by atoms with Gasteiger partial charge in [0.2, 0.25) is 17.7 Å². The first-order valence-electron chi connectivity index (χ1n) is 15.3. The van der Waals surface area contributed by atoms with E-state index < -0.39 is 11.9 Å². The van der Waals surface area contributed by atoms with Gasteiger partial charge in [0.25, 0.3) is 5.91 Å². The lowest BCUT2D eigenvalue weighted by Crippen LogP contribution is -2.32. The van der Waals surface area contributed by atoms with E-state index in [2.05, 4.69) is 10.6 Å². The number of nitrogens with zero attached hydrogens (tertiary/aromatic N) is 2. The first-order chi connectivity index (χ1) is 21.4. The van der Waals surface area contributed by atoms with E-state index >= 15 is 0 Å². The molecule has 2 N–H and O–H groups in total. The Morgan fingerprint density at radius 1 is 0.956 bits per heavy atom. The van der Waals surface area contributed by atoms with Gasteiger partial charge in [-0.05, 0) is 18.9 Å². The van der Waals surface area contributed by atoms with E-state index in [1.807, 2.05) is 0 Å². The molecule has 2 rings (SSSR count). The number of aromatic nitrogens is 1. The summed E-state index contributed by atoms with van der Waals surface area (Å²) < 4.78 is 17.7. The Hall–Kier alpha value is -3.91. The van der Waals surface area contributed by atoms with Gasteiger partial charge in [-0.3, -0.25) is 38.5 Å². The van der Waals surface area contributed by atoms with Crippen LogP contribution in [-0.4, -0.2) is 96.8 Å². The molecule has 1 fully saturated rings. The van der Waals surface area contributed by atoms with Crippen LogP contribution in [0.2, 0.25) is 0 Å². The van der Waals surface area contributed by atoms with E-state index in [0.29, 0.717) is 43.9 Å². The zero-order valence-electron chi connectivity index (χ0n) is 26.7. The van der Waals surface area contributed by atoms with Gasteiger partial charge >= 0.3 is 5.97 Å². The van der Waals surface area contributed by atoms with Gasteiger partial charge in [-0.1, -0.05) is 13.8 Å². The normalized spacial score (nSPS) is 15.2. The molecule has 0 saturated carbocycles. The molecule has 2 heterocycles. The number of imide groups is 1. The van der Waals surface area contributed by atoms with Crippen LogP contribution in [0.15, 0.2) is 12.3 Å². The number of carbonyl (C=O) groups is 7. The fraction of sp³-hybridized carbons (Fsp3) is 0.645. The highest BCUT2D eigenvalue weighted by Gasteiger charge is 2.35. The van der Waals surface area contributed by atoms with Crippen molar-refractivity contribution in [3.05, 3.63) is 18.0 Å². The highest BCUT2D eigenvalue weighted by molar-refractivity contribution is 6.03. The molecule has 250 valence electrons. The van der Waals surface area contributed by atoms with Crippen LogP contribution in [0.1, 0.15) is 76.2 Å². The number of esters is 1. The van der Waals surface area contributed by atoms with Crippen molar-refractivity contribution < 1.29 is 47.8 Å². The Morgan fingerprint density at radius 3 is 2.33 bits per heavy atom. The van der Waals surface area contributed by atoms with Crippen molar-refractivity contribution in [1.29, 1.82) is 0 Å². The minimum atomic E-state index is -0.603. The zero-order valence-corrected chi connectivity index (χ0v) is 26.7. The molecule has 1 aliphatic rings. The highest BCUT2D eigenvalue weighted by atomic mass is 16.5. The van der Waals surface area contributed by atoms with Gasteiger partial charge in [0, 0.05) is 77.9 Å². The molecule has 1 aromatic heterocycles. The second-order valence-electron chi connectivity index (χ2n) is 11.2. The summed E-state index contributed by atoms with van der Waals surface area (Å²) in [6.45, 7) is 6.38. The number of nitrogens with one attached hydrogen (secondary N) is 2. The smallest absolute Gasteiger partial charge is 0.309 e. The summed E-state index contributed by atoms with van der Waals surface area (Å²) in [5.74, 6) is -2.55. The predicted octanol–water partition coefficient (Wildman–Crippen LogP) is 1.80. The van der Waals surface area contributed by atoms with Crippen LogP contribution in [0, 0.1) is 11.8 Å². The summed E-state index contributed by atoms with van der Waals surface area (Å²) in [6.07, 6.45) is 3.40. The van der Waals surface area contributed by atoms with Gasteiger partial charge < -0.3 is 29.4 Å². The number of Topliss-reactive ketones (excluding diaryl/α,β-unsaturated/α-hetero) is 2. The van der Waals surface area contributed by atoms with Gasteiger partial charge in [-0.15, -0.1) is 0 Å². The molecule has 1 aliphatic heterocycles. The van der Waals surface area contributed by atoms with Crippen LogP contribution < -0.4 is 10.6 Å². The molecule has 2 atom stereocenters. The predicted molar refractivity (Wildman–Crippen MR) is 162 cm³/mol. The van der Waals surface area contributed by atoms with Gasteiger partial charge in [0.15, 0.2) is 0 Å². The van der Waals surface area contributed by atoms with Crippen LogP contribution in [0.3, 0.4) is 0 Å². The average Bonchev–Trinajstić information content (AvgIpc) is 3.45. The number of amides is 4. The first-order valence-corrected chi connectivity index (χ1v) is 15.3. The van der Waals surface area contributed by atoms with E-state index in [9.17, 15) is 33.6 Å². The van der Waals surface area contributed by atoms with Crippen molar-refractivity contribution in [1.82, 2.24) is 14.8 Å². The average molecular weight is 635 g/mol. The molecular weight excluding hydrogens is 588 g/mol. The fourth-order valence-corrected chi connectivity index (χ4v) is 4.59. The van der Waals surface area contributed by atoms with E-state index in [0.717, 1.165) is 0 Å². The minimum absolute atomic E-state index is 0.0287. The quantitative estimate of drug-likeness (QED) is 0.109. The largest absolute Gasteiger partial charge is 0.465 e. The number of likely N-dealkylation sites (tertiary alicyclic amines) is 1. The molecule has 0 spiro atoms. The summed E-state index contributed by atoms with van der Waals surface area (Å²) in [4.78, 5) is 84.8. The van der Waals surface area contributed by atoms with Crippen LogP contribution in [0.25, 0.3) is 0 Å². The van der Waals surface area contributed by atoms with E-state index in [4.69, 9.17) is 14.2 Å². The minimum Gasteiger partial charge on any atom is -0.465 e. The maximum Gasteiger partial charge on any atom is 0.309 e. The molecule has 0 radical (unpaired) electrons. The van der Waals surface area contributed by atoms with Crippen LogP contribution in [-0.2, 0) is 50.0 Å². The lowest BCUT2D eigenvalue weighted by Gasteiger charge is -2.13. The lowest BCUT2D eigenvalue weighted by atomic mass is 10.0. The number of ether oxygens (including phenoxy) is 3. The third-order valence-electron chi connectivity index (χ3n) is 7.07. The van der Waals surface area contributed by atoms with Crippen molar-refractivity contribution in [3.8, 4) is 0 Å². The number of aryl methyl sites for hydroxylation is 1. The molecular formula is C31H46N4O10. The van der Waals surface area contributed by atoms with Gasteiger partial charge in [-0.25, -0.2) is 0 Å². The van der Waals surface area contributed by atoms with Crippen molar-refractivity contribution >= 4 is 46.9 Å². The summed E-state index contributed by atoms with van der Waals surface area (Å²) in [5.41, 5.74) is 0.898. The topological polar surface area (TPSA) is 179 Å². The number of rotatable bonds is 22. The number of anilines is 1. The molecule has 14 heteroatoms. The van der Waals surface area contributed by atoms with Crippen molar-refractivity contribution in [2.75, 3.05) is 51.4 Å². The Kier molecular flexibility index (Phi) is 16.1. The fourth-order valence-electron chi connectivity index (χ4n) is 4.59. The maximum atomic E-state index is 12.3.